The standard InChI is InChI=1S/C24H25N5O3S2/c1-5-33-23-28-27-22(34-23)29-16-10-24(2,3)11-17(30)19(16)18(15(12-25)20(29)26)13-6-8-14(9-7-13)21(31)32-4/h6-9,18H,5,10-11,26H2,1-4H3. The molecule has 1 aliphatic heterocycles. The summed E-state index contributed by atoms with van der Waals surface area (Å²) in [4.78, 5) is 27.2. The van der Waals surface area contributed by atoms with Gasteiger partial charge < -0.3 is 10.5 Å². The van der Waals surface area contributed by atoms with Gasteiger partial charge >= 0.3 is 5.97 Å². The number of rotatable bonds is 5. The van der Waals surface area contributed by atoms with Gasteiger partial charge in [-0.05, 0) is 35.3 Å². The van der Waals surface area contributed by atoms with Gasteiger partial charge in [-0.3, -0.25) is 9.69 Å². The topological polar surface area (TPSA) is 122 Å². The number of Topliss-reactive ketones (excluding diaryl/α,β-unsaturated/α-hetero) is 1. The molecule has 2 N–H and O–H groups in total. The van der Waals surface area contributed by atoms with Crippen LogP contribution < -0.4 is 10.6 Å². The predicted molar refractivity (Wildman–Crippen MR) is 131 cm³/mol. The second-order valence-corrected chi connectivity index (χ2v) is 11.3. The third-order valence-corrected chi connectivity index (χ3v) is 7.82. The Morgan fingerprint density at radius 2 is 2.03 bits per heavy atom. The van der Waals surface area contributed by atoms with E-state index < -0.39 is 11.9 Å². The summed E-state index contributed by atoms with van der Waals surface area (Å²) >= 11 is 2.96. The summed E-state index contributed by atoms with van der Waals surface area (Å²) in [6.07, 6.45) is 0.960. The van der Waals surface area contributed by atoms with Crippen molar-refractivity contribution < 1.29 is 14.3 Å². The third kappa shape index (κ3) is 4.21. The largest absolute Gasteiger partial charge is 0.465 e. The van der Waals surface area contributed by atoms with Crippen molar-refractivity contribution in [2.75, 3.05) is 17.8 Å². The molecule has 0 saturated heterocycles. The van der Waals surface area contributed by atoms with Gasteiger partial charge in [0.15, 0.2) is 10.1 Å². The van der Waals surface area contributed by atoms with Gasteiger partial charge in [-0.25, -0.2) is 4.79 Å². The molecule has 0 fully saturated rings. The normalized spacial score (nSPS) is 19.7. The lowest BCUT2D eigenvalue weighted by Crippen LogP contribution is -2.42. The van der Waals surface area contributed by atoms with E-state index in [1.807, 2.05) is 20.8 Å². The Morgan fingerprint density at radius 1 is 1.32 bits per heavy atom. The smallest absolute Gasteiger partial charge is 0.337 e. The van der Waals surface area contributed by atoms with Gasteiger partial charge in [0, 0.05) is 17.7 Å². The highest BCUT2D eigenvalue weighted by Crippen LogP contribution is 2.50. The van der Waals surface area contributed by atoms with Crippen molar-refractivity contribution in [3.05, 3.63) is 58.1 Å². The maximum Gasteiger partial charge on any atom is 0.337 e. The molecule has 0 saturated carbocycles. The Hall–Kier alpha value is -3.16. The molecule has 2 heterocycles. The van der Waals surface area contributed by atoms with Crippen LogP contribution in [-0.4, -0.2) is 34.8 Å². The molecule has 0 amide bonds. The minimum atomic E-state index is -0.621. The van der Waals surface area contributed by atoms with E-state index in [1.165, 1.54) is 18.4 Å². The summed E-state index contributed by atoms with van der Waals surface area (Å²) in [5, 5.41) is 19.3. The molecule has 0 radical (unpaired) electrons. The molecule has 34 heavy (non-hydrogen) atoms. The first kappa shape index (κ1) is 24.0. The first-order chi connectivity index (χ1) is 16.2. The number of aromatic nitrogens is 2. The number of nitrogens with zero attached hydrogens (tertiary/aromatic N) is 4. The molecule has 1 atom stereocenters. The minimum Gasteiger partial charge on any atom is -0.465 e. The van der Waals surface area contributed by atoms with E-state index in [-0.39, 0.29) is 22.6 Å². The highest BCUT2D eigenvalue weighted by Gasteiger charge is 2.45. The van der Waals surface area contributed by atoms with Gasteiger partial charge in [0.2, 0.25) is 5.13 Å². The maximum absolute atomic E-state index is 13.5. The fourth-order valence-electron chi connectivity index (χ4n) is 4.46. The van der Waals surface area contributed by atoms with Crippen LogP contribution in [-0.2, 0) is 9.53 Å². The highest BCUT2D eigenvalue weighted by molar-refractivity contribution is 8.01. The number of thioether (sulfide) groups is 1. The predicted octanol–water partition coefficient (Wildman–Crippen LogP) is 4.38. The van der Waals surface area contributed by atoms with Crippen LogP contribution in [0.15, 0.2) is 51.3 Å². The molecular weight excluding hydrogens is 470 g/mol. The summed E-state index contributed by atoms with van der Waals surface area (Å²) in [5.41, 5.74) is 9.02. The summed E-state index contributed by atoms with van der Waals surface area (Å²) < 4.78 is 5.58. The number of carbonyl (C=O) groups is 2. The molecule has 0 bridgehead atoms. The SMILES string of the molecule is CCSc1nnc(N2C(N)=C(C#N)C(c3ccc(C(=O)OC)cc3)C3=C2CC(C)(C)CC3=O)s1. The summed E-state index contributed by atoms with van der Waals surface area (Å²) in [5.74, 6) is 0.00416. The van der Waals surface area contributed by atoms with E-state index in [0.717, 1.165) is 15.8 Å². The molecule has 2 aromatic rings. The van der Waals surface area contributed by atoms with Crippen molar-refractivity contribution in [1.29, 1.82) is 5.26 Å². The minimum absolute atomic E-state index is 0.0220. The molecule has 4 rings (SSSR count). The fourth-order valence-corrected chi connectivity index (χ4v) is 6.24. The van der Waals surface area contributed by atoms with Gasteiger partial charge in [0.1, 0.15) is 5.82 Å². The van der Waals surface area contributed by atoms with Crippen LogP contribution in [0.3, 0.4) is 0 Å². The summed E-state index contributed by atoms with van der Waals surface area (Å²) in [6, 6.07) is 9.00. The number of methoxy groups -OCH3 is 1. The van der Waals surface area contributed by atoms with Gasteiger partial charge in [-0.1, -0.05) is 56.0 Å². The lowest BCUT2D eigenvalue weighted by atomic mass is 9.68. The molecule has 1 aromatic carbocycles. The average Bonchev–Trinajstić information content (AvgIpc) is 3.25. The molecule has 176 valence electrons. The average molecular weight is 496 g/mol. The van der Waals surface area contributed by atoms with Crippen molar-refractivity contribution in [2.24, 2.45) is 11.1 Å². The van der Waals surface area contributed by atoms with E-state index in [0.29, 0.717) is 34.7 Å². The lowest BCUT2D eigenvalue weighted by molar-refractivity contribution is -0.118. The first-order valence-electron chi connectivity index (χ1n) is 10.8. The number of anilines is 1. The molecule has 10 heteroatoms. The number of carbonyl (C=O) groups excluding carboxylic acids is 2. The number of allylic oxidation sites excluding steroid dienone is 3. The fraction of sp³-hybridized carbons (Fsp3) is 0.375. The Kier molecular flexibility index (Phi) is 6.51. The molecule has 1 aliphatic carbocycles. The van der Waals surface area contributed by atoms with E-state index in [4.69, 9.17) is 10.5 Å². The van der Waals surface area contributed by atoms with Crippen molar-refractivity contribution in [1.82, 2.24) is 10.2 Å². The van der Waals surface area contributed by atoms with E-state index >= 15 is 0 Å². The van der Waals surface area contributed by atoms with Crippen molar-refractivity contribution in [2.45, 2.75) is 43.9 Å². The number of benzene rings is 1. The van der Waals surface area contributed by atoms with Gasteiger partial charge in [0.25, 0.3) is 0 Å². The Labute approximate surface area is 206 Å². The molecule has 1 aromatic heterocycles. The number of esters is 1. The highest BCUT2D eigenvalue weighted by atomic mass is 32.2. The Bertz CT molecular complexity index is 1250. The van der Waals surface area contributed by atoms with Gasteiger partial charge in [0.05, 0.1) is 30.2 Å². The molecule has 1 unspecified atom stereocenters. The summed E-state index contributed by atoms with van der Waals surface area (Å²) in [6.45, 7) is 6.13. The van der Waals surface area contributed by atoms with Crippen molar-refractivity contribution in [3.63, 3.8) is 0 Å². The second-order valence-electron chi connectivity index (χ2n) is 8.88. The lowest BCUT2D eigenvalue weighted by Gasteiger charge is -2.42. The van der Waals surface area contributed by atoms with E-state index in [9.17, 15) is 14.9 Å². The van der Waals surface area contributed by atoms with Crippen LogP contribution in [0.5, 0.6) is 0 Å². The maximum atomic E-state index is 13.5. The van der Waals surface area contributed by atoms with Crippen molar-refractivity contribution in [3.8, 4) is 6.07 Å². The van der Waals surface area contributed by atoms with Crippen LogP contribution in [0.2, 0.25) is 0 Å². The number of hydrogen-bond acceptors (Lipinski definition) is 10. The summed E-state index contributed by atoms with van der Waals surface area (Å²) in [7, 11) is 1.32. The Morgan fingerprint density at radius 3 is 2.65 bits per heavy atom. The third-order valence-electron chi connectivity index (χ3n) is 5.90. The zero-order chi connectivity index (χ0) is 24.6. The monoisotopic (exact) mass is 495 g/mol. The molecule has 8 nitrogen and oxygen atoms in total. The molecule has 0 spiro atoms. The van der Waals surface area contributed by atoms with Crippen LogP contribution in [0, 0.1) is 16.7 Å². The Balaban J connectivity index is 1.90. The molecular formula is C24H25N5O3S2. The number of ether oxygens (including phenoxy) is 1. The zero-order valence-corrected chi connectivity index (χ0v) is 21.0. The number of ketones is 1. The number of nitriles is 1. The van der Waals surface area contributed by atoms with Crippen LogP contribution in [0.1, 0.15) is 55.5 Å². The molecule has 2 aliphatic rings. The first-order valence-corrected chi connectivity index (χ1v) is 12.6. The second kappa shape index (κ2) is 9.24. The number of hydrogen-bond donors (Lipinski definition) is 1. The quantitative estimate of drug-likeness (QED) is 0.475. The zero-order valence-electron chi connectivity index (χ0n) is 19.4. The van der Waals surface area contributed by atoms with Gasteiger partial charge in [-0.2, -0.15) is 5.26 Å². The number of nitrogens with two attached hydrogens (primary N) is 1. The van der Waals surface area contributed by atoms with E-state index in [1.54, 1.807) is 40.9 Å². The van der Waals surface area contributed by atoms with Crippen LogP contribution >= 0.6 is 23.1 Å². The van der Waals surface area contributed by atoms with E-state index in [2.05, 4.69) is 16.3 Å². The van der Waals surface area contributed by atoms with Crippen LogP contribution in [0.25, 0.3) is 0 Å². The van der Waals surface area contributed by atoms with Crippen LogP contribution in [0.4, 0.5) is 5.13 Å². The van der Waals surface area contributed by atoms with Crippen molar-refractivity contribution >= 4 is 40.0 Å². The van der Waals surface area contributed by atoms with Gasteiger partial charge in [-0.15, -0.1) is 10.2 Å².